The summed E-state index contributed by atoms with van der Waals surface area (Å²) in [5, 5.41) is 11.2. The average molecular weight is 331 g/mol. The number of piperidine rings is 1. The summed E-state index contributed by atoms with van der Waals surface area (Å²) < 4.78 is 5.27. The number of likely N-dealkylation sites (tertiary alicyclic amines) is 1. The van der Waals surface area contributed by atoms with Crippen molar-refractivity contribution in [3.63, 3.8) is 0 Å². The Morgan fingerprint density at radius 3 is 2.71 bits per heavy atom. The molecular weight excluding hydrogens is 302 g/mol. The van der Waals surface area contributed by atoms with E-state index in [1.807, 2.05) is 24.0 Å². The first kappa shape index (κ1) is 17.3. The Hall–Kier alpha value is -1.55. The van der Waals surface area contributed by atoms with Crippen LogP contribution >= 0.6 is 0 Å². The molecule has 4 nitrogen and oxygen atoms in total. The molecule has 1 saturated heterocycles. The van der Waals surface area contributed by atoms with Crippen molar-refractivity contribution in [3.05, 3.63) is 29.8 Å². The first-order valence-electron chi connectivity index (χ1n) is 9.25. The molecule has 1 heterocycles. The highest BCUT2D eigenvalue weighted by Gasteiger charge is 2.49. The van der Waals surface area contributed by atoms with Gasteiger partial charge in [0, 0.05) is 18.9 Å². The van der Waals surface area contributed by atoms with E-state index in [0.717, 1.165) is 43.4 Å². The molecule has 3 rings (SSSR count). The van der Waals surface area contributed by atoms with Crippen LogP contribution in [0, 0.1) is 5.92 Å². The molecule has 0 spiro atoms. The maximum atomic E-state index is 12.7. The Balaban J connectivity index is 1.96. The van der Waals surface area contributed by atoms with Crippen molar-refractivity contribution in [1.29, 1.82) is 0 Å². The van der Waals surface area contributed by atoms with E-state index < -0.39 is 5.60 Å². The minimum atomic E-state index is -0.619. The lowest BCUT2D eigenvalue weighted by atomic mass is 9.66. The van der Waals surface area contributed by atoms with Gasteiger partial charge in [-0.1, -0.05) is 31.9 Å². The number of ether oxygens (including phenoxy) is 1. The van der Waals surface area contributed by atoms with Gasteiger partial charge in [-0.15, -0.1) is 0 Å². The molecular formula is C20H29NO3. The van der Waals surface area contributed by atoms with Gasteiger partial charge in [0.15, 0.2) is 0 Å². The van der Waals surface area contributed by atoms with Crippen LogP contribution in [0.1, 0.15) is 63.5 Å². The van der Waals surface area contributed by atoms with E-state index in [2.05, 4.69) is 12.1 Å². The summed E-state index contributed by atoms with van der Waals surface area (Å²) >= 11 is 0. The van der Waals surface area contributed by atoms with Gasteiger partial charge in [0.1, 0.15) is 5.75 Å². The van der Waals surface area contributed by atoms with Crippen LogP contribution < -0.4 is 4.74 Å². The van der Waals surface area contributed by atoms with Crippen molar-refractivity contribution in [3.8, 4) is 5.75 Å². The number of carbonyl (C=O) groups is 1. The van der Waals surface area contributed by atoms with E-state index in [1.54, 1.807) is 7.11 Å². The number of rotatable bonds is 4. The molecule has 0 aromatic heterocycles. The van der Waals surface area contributed by atoms with Gasteiger partial charge in [0.05, 0.1) is 18.8 Å². The highest BCUT2D eigenvalue weighted by atomic mass is 16.5. The minimum Gasteiger partial charge on any atom is -0.497 e. The fourth-order valence-electron chi connectivity index (χ4n) is 4.53. The third kappa shape index (κ3) is 3.16. The number of hydrogen-bond acceptors (Lipinski definition) is 3. The van der Waals surface area contributed by atoms with Gasteiger partial charge in [-0.05, 0) is 43.4 Å². The molecule has 1 saturated carbocycles. The lowest BCUT2D eigenvalue weighted by Crippen LogP contribution is -2.56. The molecule has 0 unspecified atom stereocenters. The Morgan fingerprint density at radius 2 is 2.04 bits per heavy atom. The lowest BCUT2D eigenvalue weighted by molar-refractivity contribution is -0.155. The number of carbonyl (C=O) groups excluding carboxylic acids is 1. The largest absolute Gasteiger partial charge is 0.497 e. The molecule has 1 aliphatic carbocycles. The monoisotopic (exact) mass is 331 g/mol. The summed E-state index contributed by atoms with van der Waals surface area (Å²) in [6, 6.07) is 7.99. The molecule has 24 heavy (non-hydrogen) atoms. The third-order valence-electron chi connectivity index (χ3n) is 5.81. The highest BCUT2D eigenvalue weighted by Crippen LogP contribution is 2.49. The molecule has 2 aliphatic rings. The van der Waals surface area contributed by atoms with E-state index in [0.29, 0.717) is 19.4 Å². The van der Waals surface area contributed by atoms with Crippen LogP contribution in [0.2, 0.25) is 0 Å². The van der Waals surface area contributed by atoms with Crippen molar-refractivity contribution in [2.45, 2.75) is 63.5 Å². The van der Waals surface area contributed by atoms with Gasteiger partial charge < -0.3 is 14.7 Å². The first-order chi connectivity index (χ1) is 11.6. The molecule has 132 valence electrons. The van der Waals surface area contributed by atoms with E-state index in [1.165, 1.54) is 0 Å². The molecule has 0 bridgehead atoms. The average Bonchev–Trinajstić information content (AvgIpc) is 2.60. The molecule has 1 aliphatic heterocycles. The molecule has 1 aromatic carbocycles. The van der Waals surface area contributed by atoms with Crippen LogP contribution in [0.15, 0.2) is 24.3 Å². The Bertz CT molecular complexity index is 571. The lowest BCUT2D eigenvalue weighted by Gasteiger charge is -2.52. The van der Waals surface area contributed by atoms with Crippen molar-refractivity contribution in [1.82, 2.24) is 4.90 Å². The van der Waals surface area contributed by atoms with Crippen molar-refractivity contribution >= 4 is 5.91 Å². The number of fused-ring (bicyclic) bond motifs is 1. The molecule has 2 fully saturated rings. The third-order valence-corrected chi connectivity index (χ3v) is 5.81. The van der Waals surface area contributed by atoms with E-state index >= 15 is 0 Å². The molecule has 3 atom stereocenters. The maximum absolute atomic E-state index is 12.7. The topological polar surface area (TPSA) is 49.8 Å². The Morgan fingerprint density at radius 1 is 1.29 bits per heavy atom. The summed E-state index contributed by atoms with van der Waals surface area (Å²) in [7, 11) is 1.66. The Kier molecular flexibility index (Phi) is 5.14. The maximum Gasteiger partial charge on any atom is 0.223 e. The number of methoxy groups -OCH3 is 1. The predicted molar refractivity (Wildman–Crippen MR) is 93.9 cm³/mol. The molecule has 0 radical (unpaired) electrons. The summed E-state index contributed by atoms with van der Waals surface area (Å²) in [4.78, 5) is 14.7. The molecule has 1 N–H and O–H groups in total. The summed E-state index contributed by atoms with van der Waals surface area (Å²) in [5.41, 5.74) is 0.497. The predicted octanol–water partition coefficient (Wildman–Crippen LogP) is 3.69. The Labute approximate surface area is 144 Å². The second-order valence-electron chi connectivity index (χ2n) is 7.26. The number of benzene rings is 1. The number of hydrogen-bond donors (Lipinski definition) is 1. The molecule has 1 aromatic rings. The number of amides is 1. The standard InChI is InChI=1S/C20H29NO3/c1-3-6-18(22)21-14-13-20(23)12-5-4-7-17(20)19(21)15-8-10-16(24-2)11-9-15/h8-11,17,19,23H,3-7,12-14H2,1-2H3/t17-,19+,20+/m1/s1. The SMILES string of the molecule is CCCC(=O)N1CC[C@@]2(O)CCCC[C@@H]2[C@@H]1c1ccc(OC)cc1. The van der Waals surface area contributed by atoms with Crippen molar-refractivity contribution < 1.29 is 14.6 Å². The van der Waals surface area contributed by atoms with Crippen molar-refractivity contribution in [2.24, 2.45) is 5.92 Å². The smallest absolute Gasteiger partial charge is 0.223 e. The van der Waals surface area contributed by atoms with Crippen LogP contribution in [0.5, 0.6) is 5.75 Å². The van der Waals surface area contributed by atoms with Gasteiger partial charge in [-0.25, -0.2) is 0 Å². The van der Waals surface area contributed by atoms with Crippen LogP contribution in [-0.4, -0.2) is 35.2 Å². The second kappa shape index (κ2) is 7.14. The normalized spacial score (nSPS) is 29.9. The van der Waals surface area contributed by atoms with Crippen LogP contribution in [0.4, 0.5) is 0 Å². The number of nitrogens with zero attached hydrogens (tertiary/aromatic N) is 1. The highest BCUT2D eigenvalue weighted by molar-refractivity contribution is 5.77. The minimum absolute atomic E-state index is 0.0194. The first-order valence-corrected chi connectivity index (χ1v) is 9.25. The van der Waals surface area contributed by atoms with Crippen LogP contribution in [-0.2, 0) is 4.79 Å². The summed E-state index contributed by atoms with van der Waals surface area (Å²) in [5.74, 6) is 1.17. The van der Waals surface area contributed by atoms with Gasteiger partial charge >= 0.3 is 0 Å². The van der Waals surface area contributed by atoms with Crippen molar-refractivity contribution in [2.75, 3.05) is 13.7 Å². The van der Waals surface area contributed by atoms with Crippen LogP contribution in [0.3, 0.4) is 0 Å². The van der Waals surface area contributed by atoms with Gasteiger partial charge in [0.2, 0.25) is 5.91 Å². The zero-order valence-electron chi connectivity index (χ0n) is 14.8. The number of aliphatic hydroxyl groups is 1. The van der Waals surface area contributed by atoms with Gasteiger partial charge in [0.25, 0.3) is 0 Å². The van der Waals surface area contributed by atoms with Gasteiger partial charge in [-0.2, -0.15) is 0 Å². The quantitative estimate of drug-likeness (QED) is 0.915. The molecule has 4 heteroatoms. The fraction of sp³-hybridized carbons (Fsp3) is 0.650. The second-order valence-corrected chi connectivity index (χ2v) is 7.26. The van der Waals surface area contributed by atoms with Gasteiger partial charge in [-0.3, -0.25) is 4.79 Å². The van der Waals surface area contributed by atoms with E-state index in [4.69, 9.17) is 4.74 Å². The summed E-state index contributed by atoms with van der Waals surface area (Å²) in [6.45, 7) is 2.70. The van der Waals surface area contributed by atoms with Crippen LogP contribution in [0.25, 0.3) is 0 Å². The molecule has 1 amide bonds. The zero-order valence-corrected chi connectivity index (χ0v) is 14.8. The summed E-state index contributed by atoms with van der Waals surface area (Å²) in [6.07, 6.45) is 6.22. The van der Waals surface area contributed by atoms with E-state index in [-0.39, 0.29) is 17.9 Å². The zero-order chi connectivity index (χ0) is 17.2. The fourth-order valence-corrected chi connectivity index (χ4v) is 4.53. The van der Waals surface area contributed by atoms with E-state index in [9.17, 15) is 9.90 Å².